The second-order valence-corrected chi connectivity index (χ2v) is 9.14. The van der Waals surface area contributed by atoms with Gasteiger partial charge < -0.3 is 14.4 Å². The summed E-state index contributed by atoms with van der Waals surface area (Å²) in [6.45, 7) is 6.68. The van der Waals surface area contributed by atoms with Crippen LogP contribution in [0.4, 0.5) is 8.78 Å². The Morgan fingerprint density at radius 3 is 2.46 bits per heavy atom. The minimum Gasteiger partial charge on any atom is -0.598 e. The van der Waals surface area contributed by atoms with Crippen LogP contribution in [0.25, 0.3) is 0 Å². The highest BCUT2D eigenvalue weighted by Gasteiger charge is 2.38. The Labute approximate surface area is 165 Å². The van der Waals surface area contributed by atoms with Crippen molar-refractivity contribution in [3.63, 3.8) is 0 Å². The van der Waals surface area contributed by atoms with Gasteiger partial charge in [0, 0.05) is 22.6 Å². The summed E-state index contributed by atoms with van der Waals surface area (Å²) in [6, 6.07) is 5.25. The van der Waals surface area contributed by atoms with E-state index in [1.807, 2.05) is 0 Å². The Morgan fingerprint density at radius 2 is 1.93 bits per heavy atom. The lowest BCUT2D eigenvalue weighted by atomic mass is 10.0. The molecule has 152 valence electrons. The van der Waals surface area contributed by atoms with Gasteiger partial charge in [-0.25, -0.2) is 13.6 Å². The number of hydrogen-bond acceptors (Lipinski definition) is 5. The SMILES string of the molecule is Cc1ccc(Oc2ccc(F)c([C@H](N[S@+]([O-])C(C)(C)C)[C@@H](F)C(=O)O)c2)cn1. The monoisotopic (exact) mass is 412 g/mol. The maximum Gasteiger partial charge on any atom is 0.340 e. The maximum absolute atomic E-state index is 14.4. The number of ether oxygens (including phenoxy) is 1. The molecule has 0 bridgehead atoms. The zero-order chi connectivity index (χ0) is 21.1. The number of alkyl halides is 1. The maximum atomic E-state index is 14.4. The zero-order valence-electron chi connectivity index (χ0n) is 15.9. The average molecular weight is 412 g/mol. The number of aliphatic carboxylic acids is 1. The first-order valence-corrected chi connectivity index (χ1v) is 9.59. The highest BCUT2D eigenvalue weighted by atomic mass is 32.2. The van der Waals surface area contributed by atoms with Crippen LogP contribution in [0.5, 0.6) is 11.5 Å². The molecule has 0 radical (unpaired) electrons. The first-order chi connectivity index (χ1) is 13.0. The number of nitrogens with one attached hydrogen (secondary N) is 1. The van der Waals surface area contributed by atoms with Crippen molar-refractivity contribution in [2.75, 3.05) is 0 Å². The fraction of sp³-hybridized carbons (Fsp3) is 0.368. The van der Waals surface area contributed by atoms with E-state index >= 15 is 0 Å². The van der Waals surface area contributed by atoms with Gasteiger partial charge in [-0.05, 0) is 58.0 Å². The van der Waals surface area contributed by atoms with Crippen LogP contribution < -0.4 is 9.46 Å². The molecule has 6 nitrogen and oxygen atoms in total. The zero-order valence-corrected chi connectivity index (χ0v) is 16.7. The highest BCUT2D eigenvalue weighted by molar-refractivity contribution is 7.90. The van der Waals surface area contributed by atoms with Gasteiger partial charge in [0.1, 0.15) is 28.1 Å². The van der Waals surface area contributed by atoms with Gasteiger partial charge in [0.2, 0.25) is 6.17 Å². The Morgan fingerprint density at radius 1 is 1.29 bits per heavy atom. The Hall–Kier alpha value is -2.23. The average Bonchev–Trinajstić information content (AvgIpc) is 2.61. The molecular weight excluding hydrogens is 390 g/mol. The number of pyridine rings is 1. The molecule has 0 aliphatic rings. The Balaban J connectivity index is 2.38. The van der Waals surface area contributed by atoms with Crippen molar-refractivity contribution in [1.82, 2.24) is 9.71 Å². The molecule has 0 amide bonds. The summed E-state index contributed by atoms with van der Waals surface area (Å²) < 4.78 is 48.4. The lowest BCUT2D eigenvalue weighted by Gasteiger charge is -2.29. The van der Waals surface area contributed by atoms with E-state index in [-0.39, 0.29) is 11.3 Å². The van der Waals surface area contributed by atoms with Crippen molar-refractivity contribution in [3.05, 3.63) is 53.6 Å². The van der Waals surface area contributed by atoms with E-state index < -0.39 is 40.1 Å². The number of halogens is 2. The largest absolute Gasteiger partial charge is 0.598 e. The standard InChI is InChI=1S/C19H22F2N2O4S/c1-11-5-6-13(10-22-11)27-12-7-8-15(20)14(9-12)17(16(21)18(24)25)23-28(26)19(2,3)4/h5-10,16-17,23H,1-4H3,(H,24,25)/t16-,17+,28-/m1/s1. The predicted octanol–water partition coefficient (Wildman–Crippen LogP) is 3.84. The normalized spacial score (nSPS) is 15.0. The molecule has 2 rings (SSSR count). The third-order valence-corrected chi connectivity index (χ3v) is 5.32. The molecule has 0 fully saturated rings. The van der Waals surface area contributed by atoms with Gasteiger partial charge in [0.05, 0.1) is 6.20 Å². The van der Waals surface area contributed by atoms with Gasteiger partial charge >= 0.3 is 5.97 Å². The third-order valence-electron chi connectivity index (χ3n) is 3.74. The number of benzene rings is 1. The number of carboxylic acid groups (broad SMARTS) is 1. The third kappa shape index (κ3) is 5.63. The molecular formula is C19H22F2N2O4S. The molecule has 1 heterocycles. The first kappa shape index (κ1) is 22.1. The summed E-state index contributed by atoms with van der Waals surface area (Å²) in [6.07, 6.45) is -1.05. The van der Waals surface area contributed by atoms with Crippen LogP contribution >= 0.6 is 0 Å². The lowest BCUT2D eigenvalue weighted by Crippen LogP contribution is -2.45. The number of hydrogen-bond donors (Lipinski definition) is 2. The number of carbonyl (C=O) groups is 1. The minimum atomic E-state index is -2.52. The minimum absolute atomic E-state index is 0.160. The van der Waals surface area contributed by atoms with Crippen molar-refractivity contribution >= 4 is 17.3 Å². The van der Waals surface area contributed by atoms with E-state index in [1.54, 1.807) is 39.8 Å². The predicted molar refractivity (Wildman–Crippen MR) is 102 cm³/mol. The van der Waals surface area contributed by atoms with Crippen LogP contribution in [0.3, 0.4) is 0 Å². The molecule has 1 aromatic carbocycles. The molecule has 9 heteroatoms. The van der Waals surface area contributed by atoms with Gasteiger partial charge in [-0.2, -0.15) is 0 Å². The van der Waals surface area contributed by atoms with E-state index in [0.29, 0.717) is 5.75 Å². The molecule has 0 aliphatic heterocycles. The van der Waals surface area contributed by atoms with Gasteiger partial charge in [-0.15, -0.1) is 4.72 Å². The van der Waals surface area contributed by atoms with E-state index in [2.05, 4.69) is 9.71 Å². The fourth-order valence-corrected chi connectivity index (χ4v) is 3.02. The number of carboxylic acids is 1. The second kappa shape index (κ2) is 8.85. The summed E-state index contributed by atoms with van der Waals surface area (Å²) in [5, 5.41) is 9.07. The molecule has 0 aliphatic carbocycles. The first-order valence-electron chi connectivity index (χ1n) is 8.44. The molecule has 28 heavy (non-hydrogen) atoms. The Kier molecular flexibility index (Phi) is 6.97. The number of nitrogens with zero attached hydrogens (tertiary/aromatic N) is 1. The van der Waals surface area contributed by atoms with E-state index in [1.165, 1.54) is 18.3 Å². The molecule has 0 unspecified atom stereocenters. The quantitative estimate of drug-likeness (QED) is 0.671. The molecule has 1 aromatic heterocycles. The fourth-order valence-electron chi connectivity index (χ4n) is 2.19. The number of aromatic nitrogens is 1. The molecule has 3 atom stereocenters. The van der Waals surface area contributed by atoms with Crippen LogP contribution in [0.15, 0.2) is 36.5 Å². The molecule has 0 saturated carbocycles. The lowest BCUT2D eigenvalue weighted by molar-refractivity contribution is -0.143. The summed E-state index contributed by atoms with van der Waals surface area (Å²) in [5.74, 6) is -2.10. The van der Waals surface area contributed by atoms with Crippen LogP contribution in [0.1, 0.15) is 38.1 Å². The smallest absolute Gasteiger partial charge is 0.340 e. The van der Waals surface area contributed by atoms with E-state index in [0.717, 1.165) is 11.8 Å². The van der Waals surface area contributed by atoms with Gasteiger partial charge in [0.25, 0.3) is 0 Å². The van der Waals surface area contributed by atoms with Gasteiger partial charge in [0.15, 0.2) is 0 Å². The number of aryl methyl sites for hydroxylation is 1. The van der Waals surface area contributed by atoms with Crippen molar-refractivity contribution in [2.24, 2.45) is 0 Å². The van der Waals surface area contributed by atoms with Crippen LogP contribution in [0.2, 0.25) is 0 Å². The van der Waals surface area contributed by atoms with Gasteiger partial charge in [-0.1, -0.05) is 0 Å². The molecule has 2 N–H and O–H groups in total. The summed E-state index contributed by atoms with van der Waals surface area (Å²) in [7, 11) is 0. The van der Waals surface area contributed by atoms with Crippen LogP contribution in [-0.2, 0) is 16.2 Å². The van der Waals surface area contributed by atoms with Gasteiger partial charge in [-0.3, -0.25) is 4.98 Å². The summed E-state index contributed by atoms with van der Waals surface area (Å²) >= 11 is -1.83. The van der Waals surface area contributed by atoms with Crippen molar-refractivity contribution in [1.29, 1.82) is 0 Å². The summed E-state index contributed by atoms with van der Waals surface area (Å²) in [4.78, 5) is 15.3. The van der Waals surface area contributed by atoms with Crippen LogP contribution in [-0.4, -0.2) is 31.5 Å². The Bertz CT molecular complexity index is 828. The summed E-state index contributed by atoms with van der Waals surface area (Å²) in [5.41, 5.74) is 0.480. The van der Waals surface area contributed by atoms with Crippen molar-refractivity contribution in [3.8, 4) is 11.5 Å². The van der Waals surface area contributed by atoms with E-state index in [4.69, 9.17) is 9.84 Å². The van der Waals surface area contributed by atoms with E-state index in [9.17, 15) is 18.1 Å². The highest BCUT2D eigenvalue weighted by Crippen LogP contribution is 2.31. The van der Waals surface area contributed by atoms with Crippen molar-refractivity contribution < 1.29 is 28.0 Å². The molecule has 0 spiro atoms. The molecule has 2 aromatic rings. The van der Waals surface area contributed by atoms with Crippen LogP contribution in [0, 0.1) is 12.7 Å². The van der Waals surface area contributed by atoms with Crippen molar-refractivity contribution in [2.45, 2.75) is 44.7 Å². The topological polar surface area (TPSA) is 94.5 Å². The second-order valence-electron chi connectivity index (χ2n) is 7.14. The molecule has 0 saturated heterocycles. The number of rotatable bonds is 7.